The van der Waals surface area contributed by atoms with Crippen molar-refractivity contribution in [3.8, 4) is 23.1 Å². The van der Waals surface area contributed by atoms with Gasteiger partial charge in [0.2, 0.25) is 0 Å². The van der Waals surface area contributed by atoms with Crippen LogP contribution in [0.5, 0.6) is 5.75 Å². The quantitative estimate of drug-likeness (QED) is 0.686. The van der Waals surface area contributed by atoms with E-state index in [0.29, 0.717) is 18.9 Å². The van der Waals surface area contributed by atoms with Crippen molar-refractivity contribution < 1.29 is 4.74 Å². The summed E-state index contributed by atoms with van der Waals surface area (Å²) in [5.41, 5.74) is 4.21. The minimum absolute atomic E-state index is 0.304. The van der Waals surface area contributed by atoms with Crippen molar-refractivity contribution in [2.24, 2.45) is 0 Å². The summed E-state index contributed by atoms with van der Waals surface area (Å²) in [5.74, 6) is 1.17. The van der Waals surface area contributed by atoms with E-state index >= 15 is 0 Å². The van der Waals surface area contributed by atoms with E-state index in [2.05, 4.69) is 41.8 Å². The highest BCUT2D eigenvalue weighted by atomic mass is 32.1. The molecular weight excluding hydrogens is 306 g/mol. The summed E-state index contributed by atoms with van der Waals surface area (Å²) in [7, 11) is 0. The average molecular weight is 325 g/mol. The molecule has 0 atom stereocenters. The van der Waals surface area contributed by atoms with Gasteiger partial charge in [0.25, 0.3) is 0 Å². The molecule has 0 saturated carbocycles. The molecule has 3 aromatic rings. The maximum absolute atomic E-state index is 9.19. The van der Waals surface area contributed by atoms with Gasteiger partial charge in [-0.25, -0.2) is 4.98 Å². The van der Waals surface area contributed by atoms with Crippen LogP contribution in [0.2, 0.25) is 0 Å². The Balaban J connectivity index is 2.12. The van der Waals surface area contributed by atoms with Crippen molar-refractivity contribution in [3.63, 3.8) is 0 Å². The van der Waals surface area contributed by atoms with Crippen LogP contribution in [-0.2, 0) is 6.42 Å². The van der Waals surface area contributed by atoms with Crippen LogP contribution >= 0.6 is 11.3 Å². The molecule has 5 heteroatoms. The molecule has 0 amide bonds. The molecule has 0 aliphatic rings. The lowest BCUT2D eigenvalue weighted by Gasteiger charge is -2.07. The first-order chi connectivity index (χ1) is 11.2. The van der Waals surface area contributed by atoms with Crippen molar-refractivity contribution in [1.82, 2.24) is 9.38 Å². The molecule has 0 radical (unpaired) electrons. The predicted molar refractivity (Wildman–Crippen MR) is 93.1 cm³/mol. The highest BCUT2D eigenvalue weighted by Gasteiger charge is 2.19. The number of rotatable bonds is 5. The van der Waals surface area contributed by atoms with Gasteiger partial charge in [-0.1, -0.05) is 13.8 Å². The standard InChI is InChI=1S/C18H19N3OS/c1-4-22-14-7-5-13(6-8-14)16-11-23-18-20-17(12(2)3)15(9-10-19)21(16)18/h5-8,11-12H,4,9H2,1-3H3. The van der Waals surface area contributed by atoms with E-state index in [1.54, 1.807) is 11.3 Å². The minimum atomic E-state index is 0.304. The molecule has 0 aliphatic heterocycles. The molecule has 0 unspecified atom stereocenters. The molecule has 3 rings (SSSR count). The molecule has 2 aromatic heterocycles. The van der Waals surface area contributed by atoms with Crippen LogP contribution in [-0.4, -0.2) is 16.0 Å². The second-order valence-corrected chi connectivity index (χ2v) is 6.47. The smallest absolute Gasteiger partial charge is 0.194 e. The number of aromatic nitrogens is 2. The van der Waals surface area contributed by atoms with Gasteiger partial charge in [0.15, 0.2) is 4.96 Å². The topological polar surface area (TPSA) is 50.3 Å². The fourth-order valence-corrected chi connectivity index (χ4v) is 3.65. The van der Waals surface area contributed by atoms with Gasteiger partial charge in [0, 0.05) is 5.38 Å². The SMILES string of the molecule is CCOc1ccc(-c2csc3nc(C(C)C)c(CC#N)n23)cc1. The molecule has 0 aliphatic carbocycles. The minimum Gasteiger partial charge on any atom is -0.494 e. The van der Waals surface area contributed by atoms with Crippen molar-refractivity contribution in [1.29, 1.82) is 5.26 Å². The Morgan fingerprint density at radius 2 is 2.04 bits per heavy atom. The Morgan fingerprint density at radius 1 is 1.30 bits per heavy atom. The van der Waals surface area contributed by atoms with Gasteiger partial charge in [-0.3, -0.25) is 4.40 Å². The van der Waals surface area contributed by atoms with E-state index in [1.807, 2.05) is 19.1 Å². The Bertz CT molecular complexity index is 853. The number of nitriles is 1. The normalized spacial score (nSPS) is 11.1. The molecule has 1 aromatic carbocycles. The Labute approximate surface area is 140 Å². The fraction of sp³-hybridized carbons (Fsp3) is 0.333. The van der Waals surface area contributed by atoms with E-state index in [1.165, 1.54) is 0 Å². The molecule has 0 spiro atoms. The van der Waals surface area contributed by atoms with Gasteiger partial charge in [-0.05, 0) is 42.7 Å². The van der Waals surface area contributed by atoms with Crippen LogP contribution < -0.4 is 4.74 Å². The number of thiazole rings is 1. The van der Waals surface area contributed by atoms with Gasteiger partial charge < -0.3 is 4.74 Å². The molecular formula is C18H19N3OS. The Hall–Kier alpha value is -2.32. The zero-order valence-electron chi connectivity index (χ0n) is 13.5. The van der Waals surface area contributed by atoms with E-state index < -0.39 is 0 Å². The highest BCUT2D eigenvalue weighted by Crippen LogP contribution is 2.32. The molecule has 4 nitrogen and oxygen atoms in total. The lowest BCUT2D eigenvalue weighted by atomic mass is 10.1. The van der Waals surface area contributed by atoms with Crippen molar-refractivity contribution in [3.05, 3.63) is 41.0 Å². The van der Waals surface area contributed by atoms with Crippen LogP contribution in [0.25, 0.3) is 16.2 Å². The summed E-state index contributed by atoms with van der Waals surface area (Å²) in [6.45, 7) is 6.87. The first-order valence-corrected chi connectivity index (χ1v) is 8.62. The largest absolute Gasteiger partial charge is 0.494 e. The maximum atomic E-state index is 9.19. The lowest BCUT2D eigenvalue weighted by Crippen LogP contribution is -1.99. The maximum Gasteiger partial charge on any atom is 0.194 e. The van der Waals surface area contributed by atoms with Crippen LogP contribution in [0.15, 0.2) is 29.6 Å². The summed E-state index contributed by atoms with van der Waals surface area (Å²) in [5, 5.41) is 11.3. The van der Waals surface area contributed by atoms with Crippen molar-refractivity contribution >= 4 is 16.3 Å². The average Bonchev–Trinajstić information content (AvgIpc) is 3.09. The molecule has 118 valence electrons. The second kappa shape index (κ2) is 6.43. The lowest BCUT2D eigenvalue weighted by molar-refractivity contribution is 0.340. The zero-order chi connectivity index (χ0) is 16.4. The van der Waals surface area contributed by atoms with Crippen LogP contribution in [0.1, 0.15) is 38.1 Å². The Morgan fingerprint density at radius 3 is 2.65 bits per heavy atom. The summed E-state index contributed by atoms with van der Waals surface area (Å²) in [6, 6.07) is 10.3. The monoisotopic (exact) mass is 325 g/mol. The number of nitrogens with zero attached hydrogens (tertiary/aromatic N) is 3. The summed E-state index contributed by atoms with van der Waals surface area (Å²) < 4.78 is 7.63. The number of imidazole rings is 1. The van der Waals surface area contributed by atoms with E-state index in [9.17, 15) is 5.26 Å². The van der Waals surface area contributed by atoms with Gasteiger partial charge in [-0.2, -0.15) is 5.26 Å². The van der Waals surface area contributed by atoms with Crippen LogP contribution in [0.4, 0.5) is 0 Å². The first kappa shape index (κ1) is 15.6. The van der Waals surface area contributed by atoms with Crippen molar-refractivity contribution in [2.45, 2.75) is 33.1 Å². The number of benzene rings is 1. The molecule has 0 N–H and O–H groups in total. The van der Waals surface area contributed by atoms with Gasteiger partial charge in [-0.15, -0.1) is 11.3 Å². The molecule has 0 saturated heterocycles. The molecule has 23 heavy (non-hydrogen) atoms. The van der Waals surface area contributed by atoms with E-state index in [4.69, 9.17) is 9.72 Å². The molecule has 0 bridgehead atoms. The van der Waals surface area contributed by atoms with Crippen molar-refractivity contribution in [2.75, 3.05) is 6.61 Å². The molecule has 2 heterocycles. The summed E-state index contributed by atoms with van der Waals surface area (Å²) >= 11 is 1.61. The van der Waals surface area contributed by atoms with Gasteiger partial charge >= 0.3 is 0 Å². The third kappa shape index (κ3) is 2.82. The number of fused-ring (bicyclic) bond motifs is 1. The summed E-state index contributed by atoms with van der Waals surface area (Å²) in [6.07, 6.45) is 0.370. The third-order valence-corrected chi connectivity index (χ3v) is 4.57. The van der Waals surface area contributed by atoms with Crippen LogP contribution in [0, 0.1) is 11.3 Å². The molecule has 0 fully saturated rings. The van der Waals surface area contributed by atoms with Crippen LogP contribution in [0.3, 0.4) is 0 Å². The van der Waals surface area contributed by atoms with Gasteiger partial charge in [0.1, 0.15) is 5.75 Å². The predicted octanol–water partition coefficient (Wildman–Crippen LogP) is 4.65. The highest BCUT2D eigenvalue weighted by molar-refractivity contribution is 7.15. The fourth-order valence-electron chi connectivity index (χ4n) is 2.73. The number of hydrogen-bond donors (Lipinski definition) is 0. The number of hydrogen-bond acceptors (Lipinski definition) is 4. The zero-order valence-corrected chi connectivity index (χ0v) is 14.4. The van der Waals surface area contributed by atoms with E-state index in [0.717, 1.165) is 33.4 Å². The Kier molecular flexibility index (Phi) is 4.35. The first-order valence-electron chi connectivity index (χ1n) is 7.74. The summed E-state index contributed by atoms with van der Waals surface area (Å²) in [4.78, 5) is 5.68. The van der Waals surface area contributed by atoms with Gasteiger partial charge in [0.05, 0.1) is 36.2 Å². The van der Waals surface area contributed by atoms with E-state index in [-0.39, 0.29) is 0 Å². The second-order valence-electron chi connectivity index (χ2n) is 5.63. The third-order valence-electron chi connectivity index (χ3n) is 3.74. The number of ether oxygens (including phenoxy) is 1.